The van der Waals surface area contributed by atoms with E-state index in [1.165, 1.54) is 0 Å². The average Bonchev–Trinajstić information content (AvgIpc) is 3.19. The number of halogens is 1. The molecule has 140 valence electrons. The van der Waals surface area contributed by atoms with Gasteiger partial charge in [-0.15, -0.1) is 12.4 Å². The number of para-hydroxylation sites is 2. The van der Waals surface area contributed by atoms with Gasteiger partial charge in [-0.2, -0.15) is 4.98 Å². The molecule has 4 rings (SSSR count). The molecule has 0 amide bonds. The Labute approximate surface area is 157 Å². The van der Waals surface area contributed by atoms with Gasteiger partial charge in [-0.1, -0.05) is 17.3 Å². The molecule has 0 radical (unpaired) electrons. The van der Waals surface area contributed by atoms with Crippen molar-refractivity contribution in [3.63, 3.8) is 0 Å². The number of fused-ring (bicyclic) bond motifs is 1. The summed E-state index contributed by atoms with van der Waals surface area (Å²) in [6.07, 6.45) is 0.533. The molecule has 0 aliphatic carbocycles. The van der Waals surface area contributed by atoms with Crippen LogP contribution in [0.1, 0.15) is 17.8 Å². The molecule has 1 saturated heterocycles. The minimum Gasteiger partial charge on any atom is -0.339 e. The fraction of sp³-hybridized carbons (Fsp3) is 0.471. The molecule has 1 N–H and O–H groups in total. The largest absolute Gasteiger partial charge is 0.339 e. The number of piperazine rings is 1. The van der Waals surface area contributed by atoms with Crippen LogP contribution >= 0.6 is 12.4 Å². The maximum atomic E-state index is 12.4. The van der Waals surface area contributed by atoms with Gasteiger partial charge in [0.2, 0.25) is 5.89 Å². The van der Waals surface area contributed by atoms with Gasteiger partial charge in [-0.25, -0.2) is 4.79 Å². The summed E-state index contributed by atoms with van der Waals surface area (Å²) in [4.78, 5) is 19.2. The number of aryl methyl sites for hydroxylation is 3. The Bertz CT molecular complexity index is 946. The van der Waals surface area contributed by atoms with Gasteiger partial charge < -0.3 is 9.84 Å². The van der Waals surface area contributed by atoms with Crippen molar-refractivity contribution in [2.75, 3.05) is 26.7 Å². The summed E-state index contributed by atoms with van der Waals surface area (Å²) < 4.78 is 8.83. The highest BCUT2D eigenvalue weighted by Crippen LogP contribution is 2.18. The number of hydrogen-bond donors (Lipinski definition) is 1. The second kappa shape index (κ2) is 7.61. The van der Waals surface area contributed by atoms with E-state index in [0.29, 0.717) is 24.7 Å². The predicted molar refractivity (Wildman–Crippen MR) is 101 cm³/mol. The van der Waals surface area contributed by atoms with Crippen molar-refractivity contribution in [2.24, 2.45) is 7.05 Å². The molecule has 0 bridgehead atoms. The van der Waals surface area contributed by atoms with Crippen LogP contribution < -0.4 is 11.0 Å². The van der Waals surface area contributed by atoms with E-state index in [9.17, 15) is 4.79 Å². The first-order chi connectivity index (χ1) is 12.1. The first-order valence-electron chi connectivity index (χ1n) is 8.53. The Hall–Kier alpha value is -2.16. The molecule has 1 aromatic carbocycles. The van der Waals surface area contributed by atoms with E-state index in [1.807, 2.05) is 24.3 Å². The third kappa shape index (κ3) is 3.27. The molecule has 2 aromatic heterocycles. The Morgan fingerprint density at radius 2 is 2.04 bits per heavy atom. The van der Waals surface area contributed by atoms with Crippen LogP contribution in [0.15, 0.2) is 33.6 Å². The monoisotopic (exact) mass is 378 g/mol. The molecule has 1 aliphatic heterocycles. The normalized spacial score (nSPS) is 18.2. The Kier molecular flexibility index (Phi) is 5.45. The number of hydrogen-bond acceptors (Lipinski definition) is 6. The minimum atomic E-state index is -0.0304. The van der Waals surface area contributed by atoms with E-state index in [2.05, 4.69) is 27.4 Å². The van der Waals surface area contributed by atoms with E-state index in [4.69, 9.17) is 4.52 Å². The van der Waals surface area contributed by atoms with Crippen LogP contribution in [-0.4, -0.2) is 50.9 Å². The molecule has 1 unspecified atom stereocenters. The zero-order valence-electron chi connectivity index (χ0n) is 14.9. The lowest BCUT2D eigenvalue weighted by molar-refractivity contribution is 0.190. The van der Waals surface area contributed by atoms with Crippen molar-refractivity contribution in [1.82, 2.24) is 29.5 Å². The molecule has 9 heteroatoms. The van der Waals surface area contributed by atoms with Gasteiger partial charge in [0.25, 0.3) is 0 Å². The van der Waals surface area contributed by atoms with Crippen molar-refractivity contribution < 1.29 is 4.52 Å². The molecule has 1 fully saturated rings. The summed E-state index contributed by atoms with van der Waals surface area (Å²) >= 11 is 0. The lowest BCUT2D eigenvalue weighted by Gasteiger charge is -2.30. The summed E-state index contributed by atoms with van der Waals surface area (Å²) in [7, 11) is 3.86. The third-order valence-corrected chi connectivity index (χ3v) is 4.89. The Morgan fingerprint density at radius 1 is 1.27 bits per heavy atom. The molecule has 26 heavy (non-hydrogen) atoms. The smallest absolute Gasteiger partial charge is 0.328 e. The molecule has 1 atom stereocenters. The van der Waals surface area contributed by atoms with Gasteiger partial charge in [0, 0.05) is 39.6 Å². The summed E-state index contributed by atoms with van der Waals surface area (Å²) in [5.41, 5.74) is 1.82. The third-order valence-electron chi connectivity index (χ3n) is 4.89. The number of rotatable bonds is 4. The van der Waals surface area contributed by atoms with Crippen LogP contribution in [0.25, 0.3) is 11.0 Å². The zero-order valence-corrected chi connectivity index (χ0v) is 15.7. The summed E-state index contributed by atoms with van der Waals surface area (Å²) in [6.45, 7) is 3.26. The van der Waals surface area contributed by atoms with Crippen LogP contribution in [-0.2, 0) is 20.0 Å². The van der Waals surface area contributed by atoms with Crippen LogP contribution in [0.4, 0.5) is 0 Å². The van der Waals surface area contributed by atoms with Gasteiger partial charge in [-0.05, 0) is 19.2 Å². The second-order valence-electron chi connectivity index (χ2n) is 6.48. The van der Waals surface area contributed by atoms with Gasteiger partial charge in [0.15, 0.2) is 5.82 Å². The van der Waals surface area contributed by atoms with Gasteiger partial charge in [0.1, 0.15) is 0 Å². The van der Waals surface area contributed by atoms with Crippen molar-refractivity contribution in [3.05, 3.63) is 46.5 Å². The SMILES string of the molecule is CN1CCNCC1c1noc(CCn2c(=O)n(C)c3ccccc32)n1.Cl. The number of likely N-dealkylation sites (N-methyl/N-ethyl adjacent to an activating group) is 1. The number of aromatic nitrogens is 4. The van der Waals surface area contributed by atoms with Gasteiger partial charge in [0.05, 0.1) is 17.1 Å². The lowest BCUT2D eigenvalue weighted by Crippen LogP contribution is -2.44. The maximum absolute atomic E-state index is 12.4. The number of imidazole rings is 1. The van der Waals surface area contributed by atoms with E-state index in [0.717, 1.165) is 30.7 Å². The van der Waals surface area contributed by atoms with E-state index >= 15 is 0 Å². The minimum absolute atomic E-state index is 0. The zero-order chi connectivity index (χ0) is 17.4. The first-order valence-corrected chi connectivity index (χ1v) is 8.53. The lowest BCUT2D eigenvalue weighted by atomic mass is 10.2. The molecule has 3 aromatic rings. The highest BCUT2D eigenvalue weighted by Gasteiger charge is 2.25. The van der Waals surface area contributed by atoms with Gasteiger partial charge >= 0.3 is 5.69 Å². The standard InChI is InChI=1S/C17H22N6O2.ClH/c1-21-10-8-18-11-14(21)16-19-15(25-20-16)7-9-23-13-6-4-3-5-12(13)22(2)17(23)24;/h3-6,14,18H,7-11H2,1-2H3;1H. The predicted octanol–water partition coefficient (Wildman–Crippen LogP) is 0.964. The Morgan fingerprint density at radius 3 is 2.81 bits per heavy atom. The van der Waals surface area contributed by atoms with Crippen molar-refractivity contribution in [3.8, 4) is 0 Å². The molecule has 8 nitrogen and oxygen atoms in total. The quantitative estimate of drug-likeness (QED) is 0.728. The van der Waals surface area contributed by atoms with E-state index in [1.54, 1.807) is 16.2 Å². The van der Waals surface area contributed by atoms with Crippen LogP contribution in [0, 0.1) is 0 Å². The molecule has 1 aliphatic rings. The van der Waals surface area contributed by atoms with Crippen LogP contribution in [0.2, 0.25) is 0 Å². The van der Waals surface area contributed by atoms with Gasteiger partial charge in [-0.3, -0.25) is 14.0 Å². The topological polar surface area (TPSA) is 81.1 Å². The highest BCUT2D eigenvalue weighted by molar-refractivity contribution is 5.85. The molecule has 0 spiro atoms. The fourth-order valence-corrected chi connectivity index (χ4v) is 3.39. The van der Waals surface area contributed by atoms with E-state index in [-0.39, 0.29) is 24.1 Å². The first kappa shape index (κ1) is 18.6. The molecular formula is C17H23ClN6O2. The van der Waals surface area contributed by atoms with Crippen molar-refractivity contribution in [2.45, 2.75) is 19.0 Å². The summed E-state index contributed by atoms with van der Waals surface area (Å²) in [5, 5.41) is 7.48. The fourth-order valence-electron chi connectivity index (χ4n) is 3.39. The number of nitrogens with one attached hydrogen (secondary N) is 1. The second-order valence-corrected chi connectivity index (χ2v) is 6.48. The maximum Gasteiger partial charge on any atom is 0.328 e. The molecular weight excluding hydrogens is 356 g/mol. The average molecular weight is 379 g/mol. The molecule has 0 saturated carbocycles. The van der Waals surface area contributed by atoms with Crippen LogP contribution in [0.3, 0.4) is 0 Å². The van der Waals surface area contributed by atoms with Crippen LogP contribution in [0.5, 0.6) is 0 Å². The highest BCUT2D eigenvalue weighted by atomic mass is 35.5. The van der Waals surface area contributed by atoms with Crippen molar-refractivity contribution in [1.29, 1.82) is 0 Å². The molecule has 3 heterocycles. The summed E-state index contributed by atoms with van der Waals surface area (Å²) in [5.74, 6) is 1.27. The Balaban J connectivity index is 0.00000196. The number of benzene rings is 1. The van der Waals surface area contributed by atoms with Crippen molar-refractivity contribution >= 4 is 23.4 Å². The number of nitrogens with zero attached hydrogens (tertiary/aromatic N) is 5. The van der Waals surface area contributed by atoms with E-state index < -0.39 is 0 Å². The summed E-state index contributed by atoms with van der Waals surface area (Å²) in [6, 6.07) is 7.91.